The van der Waals surface area contributed by atoms with Crippen LogP contribution in [-0.2, 0) is 9.53 Å². The molecule has 0 aromatic rings. The smallest absolute Gasteiger partial charge is 0.305 e. The maximum Gasteiger partial charge on any atom is 0.305 e. The third kappa shape index (κ3) is 13.1. The highest BCUT2D eigenvalue weighted by atomic mass is 16.6. The molecule has 0 aliphatic rings. The van der Waals surface area contributed by atoms with Gasteiger partial charge in [0.15, 0.2) is 6.10 Å². The topological polar surface area (TPSA) is 89.7 Å². The number of hydrogen-bond donors (Lipinski definition) is 1. The average molecular weight is 275 g/mol. The van der Waals surface area contributed by atoms with E-state index in [1.165, 1.54) is 25.7 Å². The van der Waals surface area contributed by atoms with Gasteiger partial charge >= 0.3 is 5.97 Å². The van der Waals surface area contributed by atoms with Crippen molar-refractivity contribution in [2.24, 2.45) is 0 Å². The van der Waals surface area contributed by atoms with E-state index in [1.54, 1.807) is 0 Å². The molecule has 0 fully saturated rings. The number of hydrogen-bond acceptors (Lipinski definition) is 5. The van der Waals surface area contributed by atoms with Crippen LogP contribution in [0.1, 0.15) is 58.3 Å². The Balaban J connectivity index is 3.37. The summed E-state index contributed by atoms with van der Waals surface area (Å²) < 4.78 is 4.76. The van der Waals surface area contributed by atoms with Crippen LogP contribution in [0.3, 0.4) is 0 Å². The van der Waals surface area contributed by atoms with Gasteiger partial charge in [-0.1, -0.05) is 45.4 Å². The number of nitrogens with zero attached hydrogens (tertiary/aromatic N) is 1. The fourth-order valence-electron chi connectivity index (χ4n) is 1.71. The van der Waals surface area contributed by atoms with E-state index < -0.39 is 23.5 Å². The Morgan fingerprint density at radius 3 is 2.37 bits per heavy atom. The molecule has 1 N–H and O–H groups in total. The van der Waals surface area contributed by atoms with Gasteiger partial charge in [-0.25, -0.2) is 0 Å². The summed E-state index contributed by atoms with van der Waals surface area (Å²) in [5, 5.41) is 19.2. The second kappa shape index (κ2) is 11.9. The Kier molecular flexibility index (Phi) is 11.2. The minimum atomic E-state index is -1.21. The lowest BCUT2D eigenvalue weighted by atomic mass is 10.1. The largest absolute Gasteiger partial charge is 0.463 e. The first-order chi connectivity index (χ1) is 9.06. The van der Waals surface area contributed by atoms with E-state index in [9.17, 15) is 14.9 Å². The van der Waals surface area contributed by atoms with Gasteiger partial charge in [0.25, 0.3) is 0 Å². The van der Waals surface area contributed by atoms with Gasteiger partial charge in [-0.2, -0.15) is 0 Å². The number of unbranched alkanes of at least 4 members (excludes halogenated alkanes) is 6. The number of ether oxygens (including phenoxy) is 1. The van der Waals surface area contributed by atoms with Crippen molar-refractivity contribution in [2.45, 2.75) is 64.4 Å². The molecule has 0 aliphatic carbocycles. The van der Waals surface area contributed by atoms with E-state index in [0.717, 1.165) is 19.3 Å². The highest BCUT2D eigenvalue weighted by Gasteiger charge is 2.13. The van der Waals surface area contributed by atoms with Crippen LogP contribution >= 0.6 is 0 Å². The molecular weight excluding hydrogens is 250 g/mol. The molecule has 1 unspecified atom stereocenters. The lowest BCUT2D eigenvalue weighted by Crippen LogP contribution is -2.26. The maximum absolute atomic E-state index is 11.3. The Labute approximate surface area is 114 Å². The van der Waals surface area contributed by atoms with Crippen molar-refractivity contribution < 1.29 is 19.6 Å². The summed E-state index contributed by atoms with van der Waals surface area (Å²) in [7, 11) is 0. The summed E-state index contributed by atoms with van der Waals surface area (Å²) >= 11 is 0. The van der Waals surface area contributed by atoms with Crippen molar-refractivity contribution in [3.05, 3.63) is 10.1 Å². The number of carbonyl (C=O) groups is 1. The van der Waals surface area contributed by atoms with Crippen LogP contribution in [0.15, 0.2) is 0 Å². The fourth-order valence-corrected chi connectivity index (χ4v) is 1.71. The molecule has 6 nitrogen and oxygen atoms in total. The highest BCUT2D eigenvalue weighted by molar-refractivity contribution is 5.69. The second-order valence-electron chi connectivity index (χ2n) is 4.72. The molecule has 19 heavy (non-hydrogen) atoms. The summed E-state index contributed by atoms with van der Waals surface area (Å²) in [6.45, 7) is 1.28. The molecule has 0 radical (unpaired) electrons. The quantitative estimate of drug-likeness (QED) is 0.255. The molecule has 0 aromatic carbocycles. The van der Waals surface area contributed by atoms with Gasteiger partial charge in [-0.05, 0) is 6.42 Å². The number of rotatable bonds is 12. The number of carbonyl (C=O) groups excluding carboxylic acids is 1. The summed E-state index contributed by atoms with van der Waals surface area (Å²) in [6, 6.07) is 0. The molecule has 0 amide bonds. The van der Waals surface area contributed by atoms with Gasteiger partial charge in [0.1, 0.15) is 6.61 Å². The zero-order valence-corrected chi connectivity index (χ0v) is 11.7. The minimum absolute atomic E-state index is 0.295. The minimum Gasteiger partial charge on any atom is -0.463 e. The van der Waals surface area contributed by atoms with Crippen LogP contribution in [-0.4, -0.2) is 35.3 Å². The molecule has 0 rings (SSSR count). The van der Waals surface area contributed by atoms with E-state index in [2.05, 4.69) is 6.92 Å². The van der Waals surface area contributed by atoms with E-state index in [-0.39, 0.29) is 6.61 Å². The number of esters is 1. The zero-order valence-electron chi connectivity index (χ0n) is 11.7. The van der Waals surface area contributed by atoms with E-state index >= 15 is 0 Å². The van der Waals surface area contributed by atoms with Crippen LogP contribution in [0.4, 0.5) is 0 Å². The van der Waals surface area contributed by atoms with Crippen molar-refractivity contribution >= 4 is 5.97 Å². The Morgan fingerprint density at radius 2 is 1.79 bits per heavy atom. The predicted molar refractivity (Wildman–Crippen MR) is 71.4 cm³/mol. The first kappa shape index (κ1) is 17.8. The third-order valence-electron chi connectivity index (χ3n) is 2.78. The molecule has 6 heteroatoms. The van der Waals surface area contributed by atoms with Crippen molar-refractivity contribution in [1.29, 1.82) is 0 Å². The molecular formula is C13H25NO5. The van der Waals surface area contributed by atoms with Crippen LogP contribution in [0.2, 0.25) is 0 Å². The van der Waals surface area contributed by atoms with Gasteiger partial charge in [-0.3, -0.25) is 14.9 Å². The first-order valence-corrected chi connectivity index (χ1v) is 7.01. The summed E-state index contributed by atoms with van der Waals surface area (Å²) in [4.78, 5) is 20.7. The highest BCUT2D eigenvalue weighted by Crippen LogP contribution is 2.08. The van der Waals surface area contributed by atoms with E-state index in [0.29, 0.717) is 6.42 Å². The van der Waals surface area contributed by atoms with Gasteiger partial charge in [0.05, 0.1) is 0 Å². The Morgan fingerprint density at radius 1 is 1.21 bits per heavy atom. The second-order valence-corrected chi connectivity index (χ2v) is 4.72. The van der Waals surface area contributed by atoms with Gasteiger partial charge < -0.3 is 9.84 Å². The van der Waals surface area contributed by atoms with Crippen molar-refractivity contribution in [1.82, 2.24) is 0 Å². The van der Waals surface area contributed by atoms with Crippen LogP contribution < -0.4 is 0 Å². The first-order valence-electron chi connectivity index (χ1n) is 7.01. The van der Waals surface area contributed by atoms with Crippen molar-refractivity contribution in [2.75, 3.05) is 13.2 Å². The predicted octanol–water partition coefficient (Wildman–Crippen LogP) is 2.31. The fraction of sp³-hybridized carbons (Fsp3) is 0.923. The monoisotopic (exact) mass is 275 g/mol. The van der Waals surface area contributed by atoms with Crippen LogP contribution in [0, 0.1) is 10.1 Å². The Bertz CT molecular complexity index is 257. The summed E-state index contributed by atoms with van der Waals surface area (Å²) in [5.74, 6) is -0.393. The number of aliphatic hydroxyl groups excluding tert-OH is 1. The van der Waals surface area contributed by atoms with Crippen LogP contribution in [0.25, 0.3) is 0 Å². The zero-order chi connectivity index (χ0) is 14.5. The average Bonchev–Trinajstić information content (AvgIpc) is 2.34. The molecule has 0 spiro atoms. The lowest BCUT2D eigenvalue weighted by molar-refractivity contribution is -0.490. The summed E-state index contributed by atoms with van der Waals surface area (Å²) in [5.41, 5.74) is 0. The molecule has 0 aromatic heterocycles. The van der Waals surface area contributed by atoms with Gasteiger partial charge in [0.2, 0.25) is 6.54 Å². The molecule has 0 bridgehead atoms. The molecule has 1 atom stereocenters. The maximum atomic E-state index is 11.3. The van der Waals surface area contributed by atoms with Crippen LogP contribution in [0.5, 0.6) is 0 Å². The standard InChI is InChI=1S/C13H25NO5/c1-2-3-4-5-6-7-8-9-13(16)19-11-12(15)10-14(17)18/h12,15H,2-11H2,1H3. The summed E-state index contributed by atoms with van der Waals surface area (Å²) in [6.07, 6.45) is 6.92. The molecule has 112 valence electrons. The number of nitro groups is 1. The Hall–Kier alpha value is -1.17. The molecule has 0 saturated heterocycles. The molecule has 0 saturated carbocycles. The molecule has 0 aliphatic heterocycles. The van der Waals surface area contributed by atoms with Crippen molar-refractivity contribution in [3.63, 3.8) is 0 Å². The number of aliphatic hydroxyl groups is 1. The third-order valence-corrected chi connectivity index (χ3v) is 2.78. The van der Waals surface area contributed by atoms with E-state index in [1.807, 2.05) is 0 Å². The van der Waals surface area contributed by atoms with Gasteiger partial charge in [-0.15, -0.1) is 0 Å². The lowest BCUT2D eigenvalue weighted by Gasteiger charge is -2.07. The van der Waals surface area contributed by atoms with Crippen molar-refractivity contribution in [3.8, 4) is 0 Å². The van der Waals surface area contributed by atoms with Gasteiger partial charge in [0, 0.05) is 11.3 Å². The molecule has 0 heterocycles. The normalized spacial score (nSPS) is 12.1. The van der Waals surface area contributed by atoms with E-state index in [4.69, 9.17) is 9.84 Å². The SMILES string of the molecule is CCCCCCCCCC(=O)OCC(O)C[N+](=O)[O-].